The van der Waals surface area contributed by atoms with Gasteiger partial charge in [0.25, 0.3) is 0 Å². The number of nitrogens with one attached hydrogen (secondary N) is 2. The molecule has 0 spiro atoms. The van der Waals surface area contributed by atoms with Crippen LogP contribution in [-0.4, -0.2) is 106 Å². The molecule has 18 heteroatoms. The Kier molecular flexibility index (Phi) is 16.8. The Morgan fingerprint density at radius 2 is 1.71 bits per heavy atom. The third-order valence-corrected chi connectivity index (χ3v) is 15.1. The molecule has 1 unspecified atom stereocenters. The molecule has 3 aromatic carbocycles. The van der Waals surface area contributed by atoms with Crippen LogP contribution in [0.1, 0.15) is 82.6 Å². The first-order valence-electron chi connectivity index (χ1n) is 23.3. The molecule has 368 valence electrons. The highest BCUT2D eigenvalue weighted by molar-refractivity contribution is 7.89. The number of unbranched alkanes of at least 4 members (excludes halogenated alkanes) is 2. The molecule has 7 rings (SSSR count). The van der Waals surface area contributed by atoms with Crippen LogP contribution in [0.4, 0.5) is 16.2 Å². The van der Waals surface area contributed by atoms with E-state index in [0.29, 0.717) is 85.0 Å². The minimum Gasteiger partial charge on any atom is -0.497 e. The number of hydrogen-bond acceptors (Lipinski definition) is 14. The first-order chi connectivity index (χ1) is 32.9. The van der Waals surface area contributed by atoms with Crippen LogP contribution < -0.4 is 29.6 Å². The third kappa shape index (κ3) is 11.0. The minimum absolute atomic E-state index is 0.00313. The van der Waals surface area contributed by atoms with Gasteiger partial charge in [0, 0.05) is 63.3 Å². The Morgan fingerprint density at radius 3 is 2.38 bits per heavy atom. The van der Waals surface area contributed by atoms with Crippen LogP contribution in [0, 0.1) is 17.8 Å². The molecule has 7 atom stereocenters. The monoisotopic (exact) mass is 960 g/mol. The molecular weight excluding hydrogens is 897 g/mol. The number of anilines is 2. The van der Waals surface area contributed by atoms with Gasteiger partial charge in [-0.25, -0.2) is 13.2 Å². The Morgan fingerprint density at radius 1 is 0.956 bits per heavy atom. The molecule has 68 heavy (non-hydrogen) atoms. The van der Waals surface area contributed by atoms with Crippen LogP contribution in [0.5, 0.6) is 23.0 Å². The van der Waals surface area contributed by atoms with Gasteiger partial charge in [-0.05, 0) is 111 Å². The molecule has 2 aliphatic heterocycles. The lowest BCUT2D eigenvalue weighted by Gasteiger charge is -2.59. The number of hydrogen-bond donors (Lipinski definition) is 4. The summed E-state index contributed by atoms with van der Waals surface area (Å²) in [5, 5.41) is 30.2. The second kappa shape index (κ2) is 22.7. The zero-order chi connectivity index (χ0) is 48.4. The van der Waals surface area contributed by atoms with Gasteiger partial charge < -0.3 is 48.8 Å². The number of oxime groups is 1. The van der Waals surface area contributed by atoms with Crippen LogP contribution in [0.3, 0.4) is 0 Å². The molecule has 0 bridgehead atoms. The smallest absolute Gasteiger partial charge is 0.417 e. The van der Waals surface area contributed by atoms with Crippen LogP contribution in [-0.2, 0) is 29.1 Å². The first kappa shape index (κ1) is 50.4. The van der Waals surface area contributed by atoms with E-state index >= 15 is 0 Å². The highest BCUT2D eigenvalue weighted by Crippen LogP contribution is 2.62. The largest absolute Gasteiger partial charge is 0.497 e. The van der Waals surface area contributed by atoms with Crippen molar-refractivity contribution in [3.05, 3.63) is 90.5 Å². The van der Waals surface area contributed by atoms with Crippen molar-refractivity contribution in [3.63, 3.8) is 0 Å². The molecule has 17 nitrogen and oxygen atoms in total. The fourth-order valence-corrected chi connectivity index (χ4v) is 11.4. The number of nitrogens with zero attached hydrogens (tertiary/aromatic N) is 2. The quantitative estimate of drug-likeness (QED) is 0.0457. The fraction of sp³-hybridized carbons (Fsp3) is 0.500. The predicted molar refractivity (Wildman–Crippen MR) is 255 cm³/mol. The molecule has 0 aromatic heterocycles. The van der Waals surface area contributed by atoms with E-state index in [-0.39, 0.29) is 54.6 Å². The maximum atomic E-state index is 14.9. The van der Waals surface area contributed by atoms with Gasteiger partial charge in [-0.3, -0.25) is 10.1 Å². The Hall–Kier alpha value is -5.50. The molecule has 0 radical (unpaired) electrons. The molecule has 4 aliphatic rings. The van der Waals surface area contributed by atoms with E-state index in [1.165, 1.54) is 56.8 Å². The number of amides is 2. The number of fused-ring (bicyclic) bond motifs is 2. The van der Waals surface area contributed by atoms with E-state index in [2.05, 4.69) is 23.3 Å². The maximum Gasteiger partial charge on any atom is 0.417 e. The van der Waals surface area contributed by atoms with Gasteiger partial charge >= 0.3 is 6.09 Å². The molecule has 2 aliphatic carbocycles. The fourth-order valence-electron chi connectivity index (χ4n) is 10.1. The number of sulfonamides is 1. The summed E-state index contributed by atoms with van der Waals surface area (Å²) in [5.74, 6) is -1.83. The summed E-state index contributed by atoms with van der Waals surface area (Å²) in [6, 6.07) is 15.0. The van der Waals surface area contributed by atoms with Gasteiger partial charge in [-0.15, -0.1) is 6.58 Å². The number of allylic oxidation sites excluding steroid dienone is 1. The number of ether oxygens (including phenoxy) is 6. The van der Waals surface area contributed by atoms with Gasteiger partial charge in [0.1, 0.15) is 23.0 Å². The normalized spacial score (nSPS) is 24.7. The summed E-state index contributed by atoms with van der Waals surface area (Å²) in [6.07, 6.45) is 8.80. The van der Waals surface area contributed by atoms with Crippen LogP contribution in [0.25, 0.3) is 0 Å². The topological polar surface area (TPSA) is 213 Å². The molecule has 1 saturated carbocycles. The van der Waals surface area contributed by atoms with Gasteiger partial charge in [0.15, 0.2) is 0 Å². The lowest BCUT2D eigenvalue weighted by molar-refractivity contribution is -0.250. The van der Waals surface area contributed by atoms with Crippen molar-refractivity contribution in [1.82, 2.24) is 4.31 Å². The second-order valence-electron chi connectivity index (χ2n) is 17.5. The molecule has 4 N–H and O–H groups in total. The van der Waals surface area contributed by atoms with Gasteiger partial charge in [0.2, 0.25) is 28.0 Å². The van der Waals surface area contributed by atoms with Crippen molar-refractivity contribution >= 4 is 39.1 Å². The van der Waals surface area contributed by atoms with Crippen LogP contribution in [0.2, 0.25) is 0 Å². The van der Waals surface area contributed by atoms with E-state index in [4.69, 9.17) is 38.4 Å². The first-order valence-corrected chi connectivity index (χ1v) is 24.7. The lowest BCUT2D eigenvalue weighted by Crippen LogP contribution is -2.69. The number of methoxy groups -OCH3 is 2. The van der Waals surface area contributed by atoms with Gasteiger partial charge in [-0.2, -0.15) is 4.31 Å². The Bertz CT molecular complexity index is 2420. The predicted octanol–water partition coefficient (Wildman–Crippen LogP) is 7.75. The molecule has 2 amide bonds. The zero-order valence-electron chi connectivity index (χ0n) is 39.2. The lowest BCUT2D eigenvalue weighted by atomic mass is 9.55. The van der Waals surface area contributed by atoms with E-state index in [0.717, 1.165) is 24.8 Å². The third-order valence-electron chi connectivity index (χ3n) is 13.2. The second-order valence-corrected chi connectivity index (χ2v) is 19.5. The number of aliphatic hydroxyl groups excluding tert-OH is 2. The Labute approximate surface area is 398 Å². The van der Waals surface area contributed by atoms with E-state index in [9.17, 15) is 28.2 Å². The maximum absolute atomic E-state index is 14.9. The minimum atomic E-state index is -4.31. The number of rotatable bonds is 21. The van der Waals surface area contributed by atoms with Crippen molar-refractivity contribution in [2.75, 3.05) is 58.3 Å². The van der Waals surface area contributed by atoms with Crippen LogP contribution >= 0.6 is 0 Å². The van der Waals surface area contributed by atoms with Crippen molar-refractivity contribution in [3.8, 4) is 23.0 Å². The summed E-state index contributed by atoms with van der Waals surface area (Å²) in [6.45, 7) is 5.89. The van der Waals surface area contributed by atoms with Crippen LogP contribution in [0.15, 0.2) is 95.0 Å². The van der Waals surface area contributed by atoms with E-state index in [1.807, 2.05) is 0 Å². The number of carbonyl (C=O) groups is 2. The Balaban J connectivity index is 1.39. The number of aliphatic hydroxyl groups is 2. The molecule has 2 fully saturated rings. The molecule has 2 heterocycles. The summed E-state index contributed by atoms with van der Waals surface area (Å²) >= 11 is 0. The van der Waals surface area contributed by atoms with Crippen molar-refractivity contribution in [1.29, 1.82) is 0 Å². The van der Waals surface area contributed by atoms with E-state index in [1.54, 1.807) is 42.5 Å². The average molecular weight is 961 g/mol. The molecular formula is C50H64N4O13S. The molecule has 1 saturated heterocycles. The van der Waals surface area contributed by atoms with E-state index < -0.39 is 46.1 Å². The summed E-state index contributed by atoms with van der Waals surface area (Å²) in [7, 11) is 0.206. The van der Waals surface area contributed by atoms with Gasteiger partial charge in [-0.1, -0.05) is 30.1 Å². The number of carbonyl (C=O) groups excluding carboxylic acids is 2. The highest BCUT2D eigenvalue weighted by atomic mass is 32.2. The van der Waals surface area contributed by atoms with Crippen molar-refractivity contribution in [2.24, 2.45) is 22.9 Å². The summed E-state index contributed by atoms with van der Waals surface area (Å²) < 4.78 is 68.0. The molecule has 3 aromatic rings. The zero-order valence-corrected chi connectivity index (χ0v) is 40.0. The number of likely N-dealkylation sites (N-methyl/N-ethyl adjacent to an activating group) is 1. The van der Waals surface area contributed by atoms with Crippen molar-refractivity contribution in [2.45, 2.75) is 100 Å². The average Bonchev–Trinajstić information content (AvgIpc) is 3.34. The highest BCUT2D eigenvalue weighted by Gasteiger charge is 2.65. The summed E-state index contributed by atoms with van der Waals surface area (Å²) in [5.41, 5.74) is 2.79. The standard InChI is InChI=1S/C50H64N4O13S/c1-6-26-64-50-45(54(3)68(59,60)37-20-16-34(17-21-37)51-32(2)57)31-42(53-67-46-15-9-12-27-63-46)39-28-33(13-7-10-24-55)38(14-8-11-25-56)47(48(39)50)40-29-36(19-23-43(40)66-50)65-49(58)52-41-22-18-35(61-4)30-44(41)62-5/h6,16-23,28-30,33,38,45-48,55-56H,1,7-15,24-27,31H2,2-5H3,(H,51,57)(H,52,58)/t33-,38+,45-,46?,47+,48+,50+/m0/s1. The summed E-state index contributed by atoms with van der Waals surface area (Å²) in [4.78, 5) is 31.6. The van der Waals surface area contributed by atoms with Crippen molar-refractivity contribution < 1.29 is 61.5 Å². The SMILES string of the molecule is C=CCO[C@@]12Oc3ccc(OC(=O)Nc4ccc(OC)cc4OC)cc3[C@H]3[C@H](CCCCO)[C@@H](CCCCO)C=C(C(=NOC4CCCCO4)C[C@@H]1N(C)S(=O)(=O)c1ccc(NC(C)=O)cc1)[C@H]32. The number of benzene rings is 3. The van der Waals surface area contributed by atoms with Gasteiger partial charge in [0.05, 0.1) is 55.7 Å².